The molecule has 1 amide bonds. The zero-order valence-electron chi connectivity index (χ0n) is 20.0. The molecular weight excluding hydrogens is 468 g/mol. The smallest absolute Gasteiger partial charge is 0.321 e. The number of anilines is 1. The molecular formula is C29H22N4O4. The van der Waals surface area contributed by atoms with Crippen molar-refractivity contribution in [3.8, 4) is 34.5 Å². The first kappa shape index (κ1) is 22.5. The Morgan fingerprint density at radius 2 is 1.70 bits per heavy atom. The van der Waals surface area contributed by atoms with Crippen molar-refractivity contribution in [2.45, 2.75) is 6.92 Å². The third kappa shape index (κ3) is 4.64. The van der Waals surface area contributed by atoms with E-state index >= 15 is 0 Å². The first-order valence-electron chi connectivity index (χ1n) is 11.8. The molecule has 0 bridgehead atoms. The summed E-state index contributed by atoms with van der Waals surface area (Å²) in [6.45, 7) is 2.92. The highest BCUT2D eigenvalue weighted by atomic mass is 16.6. The largest absolute Gasteiger partial charge is 0.486 e. The van der Waals surface area contributed by atoms with Gasteiger partial charge in [0.25, 0.3) is 5.91 Å². The molecule has 1 aliphatic rings. The van der Waals surface area contributed by atoms with Crippen molar-refractivity contribution in [3.63, 3.8) is 0 Å². The van der Waals surface area contributed by atoms with E-state index in [0.717, 1.165) is 22.0 Å². The van der Waals surface area contributed by atoms with Gasteiger partial charge in [0.15, 0.2) is 11.5 Å². The van der Waals surface area contributed by atoms with E-state index in [1.54, 1.807) is 30.6 Å². The van der Waals surface area contributed by atoms with Crippen LogP contribution in [-0.4, -0.2) is 34.1 Å². The molecule has 0 fully saturated rings. The average molecular weight is 491 g/mol. The predicted molar refractivity (Wildman–Crippen MR) is 139 cm³/mol. The monoisotopic (exact) mass is 490 g/mol. The van der Waals surface area contributed by atoms with Crippen molar-refractivity contribution in [1.82, 2.24) is 15.0 Å². The van der Waals surface area contributed by atoms with Gasteiger partial charge in [-0.3, -0.25) is 4.79 Å². The quantitative estimate of drug-likeness (QED) is 0.332. The number of ether oxygens (including phenoxy) is 3. The van der Waals surface area contributed by atoms with Crippen LogP contribution in [0.5, 0.6) is 23.3 Å². The van der Waals surface area contributed by atoms with Gasteiger partial charge < -0.3 is 19.5 Å². The summed E-state index contributed by atoms with van der Waals surface area (Å²) in [7, 11) is 0. The Morgan fingerprint density at radius 3 is 2.54 bits per heavy atom. The molecule has 182 valence electrons. The third-order valence-corrected chi connectivity index (χ3v) is 6.00. The summed E-state index contributed by atoms with van der Waals surface area (Å²) < 4.78 is 17.1. The molecule has 0 saturated carbocycles. The van der Waals surface area contributed by atoms with Gasteiger partial charge in [-0.15, -0.1) is 0 Å². The Balaban J connectivity index is 1.31. The highest BCUT2D eigenvalue weighted by molar-refractivity contribution is 6.13. The maximum absolute atomic E-state index is 13.5. The van der Waals surface area contributed by atoms with E-state index in [1.165, 1.54) is 0 Å². The van der Waals surface area contributed by atoms with E-state index in [-0.39, 0.29) is 11.9 Å². The number of aromatic nitrogens is 3. The maximum atomic E-state index is 13.5. The number of aryl methyl sites for hydroxylation is 1. The second-order valence-electron chi connectivity index (χ2n) is 8.49. The summed E-state index contributed by atoms with van der Waals surface area (Å²) in [6, 6.07) is 22.5. The van der Waals surface area contributed by atoms with E-state index in [4.69, 9.17) is 19.2 Å². The predicted octanol–water partition coefficient (Wildman–Crippen LogP) is 5.82. The fourth-order valence-corrected chi connectivity index (χ4v) is 4.19. The van der Waals surface area contributed by atoms with Crippen LogP contribution in [0.2, 0.25) is 0 Å². The Kier molecular flexibility index (Phi) is 5.82. The van der Waals surface area contributed by atoms with E-state index < -0.39 is 0 Å². The van der Waals surface area contributed by atoms with Gasteiger partial charge >= 0.3 is 6.01 Å². The number of para-hydroxylation sites is 1. The second kappa shape index (κ2) is 9.58. The molecule has 0 aliphatic carbocycles. The second-order valence-corrected chi connectivity index (χ2v) is 8.49. The number of carbonyl (C=O) groups excluding carboxylic acids is 1. The minimum atomic E-state index is -0.236. The number of fused-ring (bicyclic) bond motifs is 2. The highest BCUT2D eigenvalue weighted by Gasteiger charge is 2.18. The Morgan fingerprint density at radius 1 is 0.892 bits per heavy atom. The summed E-state index contributed by atoms with van der Waals surface area (Å²) in [5.41, 5.74) is 4.27. The lowest BCUT2D eigenvalue weighted by Gasteiger charge is -2.19. The molecule has 3 aromatic carbocycles. The maximum Gasteiger partial charge on any atom is 0.321 e. The normalized spacial score (nSPS) is 12.2. The fourth-order valence-electron chi connectivity index (χ4n) is 4.19. The number of hydrogen-bond donors (Lipinski definition) is 1. The molecule has 0 saturated heterocycles. The number of nitrogens with one attached hydrogen (secondary N) is 1. The van der Waals surface area contributed by atoms with Gasteiger partial charge in [-0.2, -0.15) is 0 Å². The van der Waals surface area contributed by atoms with Gasteiger partial charge in [0, 0.05) is 29.0 Å². The summed E-state index contributed by atoms with van der Waals surface area (Å²) in [5, 5.41) is 3.80. The fraction of sp³-hybridized carbons (Fsp3) is 0.103. The zero-order chi connectivity index (χ0) is 25.2. The molecule has 37 heavy (non-hydrogen) atoms. The van der Waals surface area contributed by atoms with E-state index in [0.29, 0.717) is 47.4 Å². The van der Waals surface area contributed by atoms with Crippen molar-refractivity contribution < 1.29 is 19.0 Å². The highest BCUT2D eigenvalue weighted by Crippen LogP contribution is 2.35. The van der Waals surface area contributed by atoms with Crippen LogP contribution in [0.15, 0.2) is 85.2 Å². The molecule has 0 spiro atoms. The molecule has 1 aliphatic heterocycles. The van der Waals surface area contributed by atoms with E-state index in [2.05, 4.69) is 15.3 Å². The van der Waals surface area contributed by atoms with Gasteiger partial charge in [0.1, 0.15) is 19.0 Å². The Bertz CT molecular complexity index is 1620. The van der Waals surface area contributed by atoms with Crippen LogP contribution in [-0.2, 0) is 0 Å². The van der Waals surface area contributed by atoms with Gasteiger partial charge in [-0.05, 0) is 67.1 Å². The summed E-state index contributed by atoms with van der Waals surface area (Å²) in [5.74, 6) is 1.72. The molecule has 0 unspecified atom stereocenters. The van der Waals surface area contributed by atoms with Crippen molar-refractivity contribution in [2.75, 3.05) is 18.5 Å². The number of amides is 1. The van der Waals surface area contributed by atoms with Crippen LogP contribution in [0.3, 0.4) is 0 Å². The van der Waals surface area contributed by atoms with Crippen molar-refractivity contribution >= 4 is 22.5 Å². The first-order chi connectivity index (χ1) is 18.1. The SMILES string of the molecule is Cc1cc(Oc2ncccn2)ccc1NC(=O)c1cc(-c2ccc3c(c2)OCCO3)nc2ccccc12. The lowest BCUT2D eigenvalue weighted by molar-refractivity contribution is 0.102. The van der Waals surface area contributed by atoms with Crippen LogP contribution in [0.25, 0.3) is 22.2 Å². The Hall–Kier alpha value is -4.98. The lowest BCUT2D eigenvalue weighted by atomic mass is 10.0. The van der Waals surface area contributed by atoms with Crippen LogP contribution >= 0.6 is 0 Å². The Labute approximate surface area is 212 Å². The molecule has 3 heterocycles. The van der Waals surface area contributed by atoms with E-state index in [9.17, 15) is 4.79 Å². The molecule has 8 nitrogen and oxygen atoms in total. The first-order valence-corrected chi connectivity index (χ1v) is 11.8. The average Bonchev–Trinajstić information content (AvgIpc) is 2.94. The standard InChI is InChI=1S/C29H22N4O4/c1-18-15-20(37-29-30-11-4-12-31-29)8-9-23(18)33-28(34)22-17-25(32-24-6-3-2-5-21(22)24)19-7-10-26-27(16-19)36-14-13-35-26/h2-12,15-17H,13-14H2,1H3,(H,33,34). The summed E-state index contributed by atoms with van der Waals surface area (Å²) in [6.07, 6.45) is 3.23. The molecule has 1 N–H and O–H groups in total. The van der Waals surface area contributed by atoms with Gasteiger partial charge in [0.2, 0.25) is 0 Å². The number of benzene rings is 3. The number of carbonyl (C=O) groups is 1. The van der Waals surface area contributed by atoms with Crippen molar-refractivity contribution in [1.29, 1.82) is 0 Å². The van der Waals surface area contributed by atoms with Crippen LogP contribution in [0, 0.1) is 6.92 Å². The molecule has 2 aromatic heterocycles. The number of rotatable bonds is 5. The van der Waals surface area contributed by atoms with E-state index in [1.807, 2.05) is 61.5 Å². The van der Waals surface area contributed by atoms with Crippen LogP contribution in [0.1, 0.15) is 15.9 Å². The minimum Gasteiger partial charge on any atom is -0.486 e. The molecule has 0 atom stereocenters. The minimum absolute atomic E-state index is 0.236. The molecule has 5 aromatic rings. The van der Waals surface area contributed by atoms with Crippen LogP contribution < -0.4 is 19.5 Å². The topological polar surface area (TPSA) is 95.5 Å². The third-order valence-electron chi connectivity index (χ3n) is 6.00. The molecule has 0 radical (unpaired) electrons. The number of pyridine rings is 1. The number of hydrogen-bond acceptors (Lipinski definition) is 7. The van der Waals surface area contributed by atoms with Gasteiger partial charge in [0.05, 0.1) is 16.8 Å². The zero-order valence-corrected chi connectivity index (χ0v) is 20.0. The van der Waals surface area contributed by atoms with Crippen LogP contribution in [0.4, 0.5) is 5.69 Å². The number of nitrogens with zero attached hydrogens (tertiary/aromatic N) is 3. The molecule has 8 heteroatoms. The van der Waals surface area contributed by atoms with Gasteiger partial charge in [-0.25, -0.2) is 15.0 Å². The van der Waals surface area contributed by atoms with Gasteiger partial charge in [-0.1, -0.05) is 18.2 Å². The van der Waals surface area contributed by atoms with Crippen molar-refractivity contribution in [2.24, 2.45) is 0 Å². The van der Waals surface area contributed by atoms with Crippen molar-refractivity contribution in [3.05, 3.63) is 96.3 Å². The summed E-state index contributed by atoms with van der Waals surface area (Å²) >= 11 is 0. The summed E-state index contributed by atoms with van der Waals surface area (Å²) in [4.78, 5) is 26.5. The molecule has 6 rings (SSSR count). The lowest BCUT2D eigenvalue weighted by Crippen LogP contribution is -2.15.